The summed E-state index contributed by atoms with van der Waals surface area (Å²) in [6.45, 7) is 2.29. The van der Waals surface area contributed by atoms with Crippen molar-refractivity contribution in [2.75, 3.05) is 13.2 Å². The summed E-state index contributed by atoms with van der Waals surface area (Å²) < 4.78 is 5.83. The summed E-state index contributed by atoms with van der Waals surface area (Å²) in [5.74, 6) is -0.360. The van der Waals surface area contributed by atoms with E-state index in [0.29, 0.717) is 12.2 Å². The standard InChI is InChI=1S/C12H14BrNO2/c1-2-16-12(15)10(8-14)7-9-5-3-4-6-11(9)13/h3-7H,2,8,14H2,1H3/b10-7+. The van der Waals surface area contributed by atoms with E-state index in [2.05, 4.69) is 15.9 Å². The summed E-state index contributed by atoms with van der Waals surface area (Å²) in [6.07, 6.45) is 1.74. The van der Waals surface area contributed by atoms with Crippen LogP contribution in [-0.4, -0.2) is 19.1 Å². The topological polar surface area (TPSA) is 52.3 Å². The molecule has 0 radical (unpaired) electrons. The van der Waals surface area contributed by atoms with Crippen molar-refractivity contribution in [1.82, 2.24) is 0 Å². The van der Waals surface area contributed by atoms with E-state index in [4.69, 9.17) is 10.5 Å². The average Bonchev–Trinajstić information content (AvgIpc) is 2.28. The number of benzene rings is 1. The Labute approximate surface area is 103 Å². The lowest BCUT2D eigenvalue weighted by atomic mass is 10.1. The van der Waals surface area contributed by atoms with Gasteiger partial charge < -0.3 is 10.5 Å². The van der Waals surface area contributed by atoms with Crippen LogP contribution < -0.4 is 5.73 Å². The first-order valence-electron chi connectivity index (χ1n) is 5.01. The molecule has 1 aromatic carbocycles. The second-order valence-electron chi connectivity index (χ2n) is 3.12. The molecule has 0 saturated heterocycles. The highest BCUT2D eigenvalue weighted by molar-refractivity contribution is 9.10. The lowest BCUT2D eigenvalue weighted by Gasteiger charge is -2.05. The summed E-state index contributed by atoms with van der Waals surface area (Å²) in [5, 5.41) is 0. The predicted molar refractivity (Wildman–Crippen MR) is 67.8 cm³/mol. The Hall–Kier alpha value is -1.13. The van der Waals surface area contributed by atoms with E-state index in [-0.39, 0.29) is 12.5 Å². The van der Waals surface area contributed by atoms with Crippen LogP contribution in [0.15, 0.2) is 34.3 Å². The van der Waals surface area contributed by atoms with Crippen molar-refractivity contribution in [3.8, 4) is 0 Å². The van der Waals surface area contributed by atoms with Gasteiger partial charge >= 0.3 is 5.97 Å². The van der Waals surface area contributed by atoms with E-state index in [1.807, 2.05) is 24.3 Å². The molecule has 1 rings (SSSR count). The van der Waals surface area contributed by atoms with Gasteiger partial charge in [-0.05, 0) is 24.6 Å². The molecule has 0 aliphatic heterocycles. The molecule has 0 amide bonds. The maximum Gasteiger partial charge on any atom is 0.335 e. The van der Waals surface area contributed by atoms with E-state index in [9.17, 15) is 4.79 Å². The van der Waals surface area contributed by atoms with Crippen LogP contribution in [0.4, 0.5) is 0 Å². The van der Waals surface area contributed by atoms with Gasteiger partial charge in [0.05, 0.1) is 12.2 Å². The van der Waals surface area contributed by atoms with E-state index in [1.165, 1.54) is 0 Å². The van der Waals surface area contributed by atoms with Gasteiger partial charge in [-0.3, -0.25) is 0 Å². The fourth-order valence-corrected chi connectivity index (χ4v) is 1.60. The summed E-state index contributed by atoms with van der Waals surface area (Å²) in [6, 6.07) is 7.62. The molecule has 0 aliphatic rings. The maximum atomic E-state index is 11.5. The number of carbonyl (C=O) groups is 1. The highest BCUT2D eigenvalue weighted by Gasteiger charge is 2.09. The highest BCUT2D eigenvalue weighted by Crippen LogP contribution is 2.19. The molecule has 4 heteroatoms. The summed E-state index contributed by atoms with van der Waals surface area (Å²) in [5.41, 5.74) is 6.90. The minimum absolute atomic E-state index is 0.167. The number of ether oxygens (including phenoxy) is 1. The molecule has 1 aromatic rings. The highest BCUT2D eigenvalue weighted by atomic mass is 79.9. The number of rotatable bonds is 4. The van der Waals surface area contributed by atoms with Crippen molar-refractivity contribution >= 4 is 28.0 Å². The van der Waals surface area contributed by atoms with Gasteiger partial charge in [0.2, 0.25) is 0 Å². The van der Waals surface area contributed by atoms with Crippen molar-refractivity contribution in [2.45, 2.75) is 6.92 Å². The van der Waals surface area contributed by atoms with Crippen LogP contribution in [0.3, 0.4) is 0 Å². The van der Waals surface area contributed by atoms with Crippen LogP contribution >= 0.6 is 15.9 Å². The number of hydrogen-bond donors (Lipinski definition) is 1. The summed E-state index contributed by atoms with van der Waals surface area (Å²) in [7, 11) is 0. The first kappa shape index (κ1) is 12.9. The van der Waals surface area contributed by atoms with Gasteiger partial charge in [-0.1, -0.05) is 34.1 Å². The van der Waals surface area contributed by atoms with Gasteiger partial charge in [-0.2, -0.15) is 0 Å². The largest absolute Gasteiger partial charge is 0.463 e. The van der Waals surface area contributed by atoms with Crippen LogP contribution in [0.25, 0.3) is 6.08 Å². The van der Waals surface area contributed by atoms with Crippen molar-refractivity contribution in [1.29, 1.82) is 0 Å². The molecule has 0 aliphatic carbocycles. The molecule has 0 aromatic heterocycles. The second-order valence-corrected chi connectivity index (χ2v) is 3.97. The Morgan fingerprint density at radius 3 is 2.75 bits per heavy atom. The smallest absolute Gasteiger partial charge is 0.335 e. The molecule has 86 valence electrons. The Morgan fingerprint density at radius 1 is 1.50 bits per heavy atom. The van der Waals surface area contributed by atoms with Crippen LogP contribution in [0.5, 0.6) is 0 Å². The third kappa shape index (κ3) is 3.47. The van der Waals surface area contributed by atoms with Gasteiger partial charge in [-0.25, -0.2) is 4.79 Å². The summed E-state index contributed by atoms with van der Waals surface area (Å²) >= 11 is 3.40. The van der Waals surface area contributed by atoms with Crippen molar-refractivity contribution in [2.24, 2.45) is 5.73 Å². The van der Waals surface area contributed by atoms with E-state index in [0.717, 1.165) is 10.0 Å². The minimum atomic E-state index is -0.360. The van der Waals surface area contributed by atoms with E-state index < -0.39 is 0 Å². The lowest BCUT2D eigenvalue weighted by molar-refractivity contribution is -0.138. The van der Waals surface area contributed by atoms with Crippen LogP contribution in [0.2, 0.25) is 0 Å². The molecule has 0 fully saturated rings. The zero-order valence-corrected chi connectivity index (χ0v) is 10.7. The van der Waals surface area contributed by atoms with Crippen LogP contribution in [0, 0.1) is 0 Å². The monoisotopic (exact) mass is 283 g/mol. The van der Waals surface area contributed by atoms with Gasteiger partial charge in [-0.15, -0.1) is 0 Å². The van der Waals surface area contributed by atoms with E-state index in [1.54, 1.807) is 13.0 Å². The summed E-state index contributed by atoms with van der Waals surface area (Å²) in [4.78, 5) is 11.5. The lowest BCUT2D eigenvalue weighted by Crippen LogP contribution is -2.15. The molecule has 16 heavy (non-hydrogen) atoms. The quantitative estimate of drug-likeness (QED) is 0.682. The molecule has 0 atom stereocenters. The number of nitrogens with two attached hydrogens (primary N) is 1. The molecular weight excluding hydrogens is 270 g/mol. The third-order valence-corrected chi connectivity index (χ3v) is 2.71. The van der Waals surface area contributed by atoms with Gasteiger partial charge in [0.15, 0.2) is 0 Å². The zero-order chi connectivity index (χ0) is 12.0. The molecule has 0 spiro atoms. The van der Waals surface area contributed by atoms with E-state index >= 15 is 0 Å². The molecule has 0 saturated carbocycles. The third-order valence-electron chi connectivity index (χ3n) is 1.99. The van der Waals surface area contributed by atoms with Crippen molar-refractivity contribution in [3.63, 3.8) is 0 Å². The molecule has 0 unspecified atom stereocenters. The first-order chi connectivity index (χ1) is 7.69. The molecule has 3 nitrogen and oxygen atoms in total. The Balaban J connectivity index is 2.96. The maximum absolute atomic E-state index is 11.5. The zero-order valence-electron chi connectivity index (χ0n) is 9.07. The Morgan fingerprint density at radius 2 is 2.19 bits per heavy atom. The number of halogens is 1. The molecule has 0 bridgehead atoms. The first-order valence-corrected chi connectivity index (χ1v) is 5.80. The predicted octanol–water partition coefficient (Wildman–Crippen LogP) is 2.35. The molecular formula is C12H14BrNO2. The van der Waals surface area contributed by atoms with Crippen LogP contribution in [-0.2, 0) is 9.53 Å². The normalized spacial score (nSPS) is 11.3. The number of carbonyl (C=O) groups excluding carboxylic acids is 1. The van der Waals surface area contributed by atoms with Crippen LogP contribution in [0.1, 0.15) is 12.5 Å². The minimum Gasteiger partial charge on any atom is -0.463 e. The molecule has 0 heterocycles. The van der Waals surface area contributed by atoms with Gasteiger partial charge in [0.1, 0.15) is 0 Å². The van der Waals surface area contributed by atoms with Crippen molar-refractivity contribution < 1.29 is 9.53 Å². The second kappa shape index (κ2) is 6.45. The fraction of sp³-hybridized carbons (Fsp3) is 0.250. The van der Waals surface area contributed by atoms with Gasteiger partial charge in [0.25, 0.3) is 0 Å². The number of esters is 1. The average molecular weight is 284 g/mol. The molecule has 2 N–H and O–H groups in total. The van der Waals surface area contributed by atoms with Gasteiger partial charge in [0, 0.05) is 11.0 Å². The fourth-order valence-electron chi connectivity index (χ4n) is 1.20. The number of hydrogen-bond acceptors (Lipinski definition) is 3. The SMILES string of the molecule is CCOC(=O)/C(=C/c1ccccc1Br)CN. The Kier molecular flexibility index (Phi) is 5.22. The van der Waals surface area contributed by atoms with Crippen molar-refractivity contribution in [3.05, 3.63) is 39.9 Å². The Bertz CT molecular complexity index is 402.